The number of hydrogen-bond donors (Lipinski definition) is 0. The molecule has 0 bridgehead atoms. The van der Waals surface area contributed by atoms with E-state index in [-0.39, 0.29) is 37.7 Å². The molecule has 0 heterocycles. The number of carbonyl (C=O) groups is 2. The van der Waals surface area contributed by atoms with Crippen LogP contribution in [0.2, 0.25) is 0 Å². The minimum atomic E-state index is -3.34. The number of alkyl halides is 4. The van der Waals surface area contributed by atoms with Crippen molar-refractivity contribution >= 4 is 49.7 Å². The first-order valence-corrected chi connectivity index (χ1v) is 2.27. The van der Waals surface area contributed by atoms with Gasteiger partial charge in [0.05, 0.1) is 0 Å². The number of carboxylic acid groups (broad SMARTS) is 2. The summed E-state index contributed by atoms with van der Waals surface area (Å²) in [6.45, 7) is 0. The van der Waals surface area contributed by atoms with Gasteiger partial charge in [0.2, 0.25) is 0 Å². The normalized spacial score (nSPS) is 8.46. The van der Waals surface area contributed by atoms with Crippen molar-refractivity contribution in [3.05, 3.63) is 0 Å². The fourth-order valence-electron chi connectivity index (χ4n) is 0. The molecule has 0 rings (SSSR count). The minimum absolute atomic E-state index is 0. The molecule has 13 heavy (non-hydrogen) atoms. The van der Waals surface area contributed by atoms with Gasteiger partial charge in [0.15, 0.2) is 0 Å². The summed E-state index contributed by atoms with van der Waals surface area (Å²) < 4.78 is 42.0. The summed E-state index contributed by atoms with van der Waals surface area (Å²) >= 11 is 0. The monoisotopic (exact) mass is 230 g/mol. The van der Waals surface area contributed by atoms with Crippen LogP contribution in [-0.2, 0) is 9.59 Å². The van der Waals surface area contributed by atoms with Gasteiger partial charge in [-0.05, 0) is 0 Å². The van der Waals surface area contributed by atoms with Gasteiger partial charge in [-0.3, -0.25) is 0 Å². The van der Waals surface area contributed by atoms with E-state index in [0.29, 0.717) is 0 Å². The van der Waals surface area contributed by atoms with Gasteiger partial charge in [-0.25, -0.2) is 17.6 Å². The Balaban J connectivity index is -0.000000143. The Labute approximate surface area is 99.5 Å². The summed E-state index contributed by atoms with van der Waals surface area (Å²) in [5.74, 6) is -4.65. The zero-order valence-electron chi connectivity index (χ0n) is 6.01. The molecule has 0 unspecified atom stereocenters. The molecule has 9 heteroatoms. The van der Waals surface area contributed by atoms with Gasteiger partial charge in [-0.15, -0.1) is 0 Å². The average Bonchev–Trinajstić information content (AvgIpc) is 1.88. The Morgan fingerprint density at radius 3 is 0.923 bits per heavy atom. The van der Waals surface area contributed by atoms with Crippen molar-refractivity contribution in [2.24, 2.45) is 0 Å². The van der Waals surface area contributed by atoms with Crippen molar-refractivity contribution in [3.63, 3.8) is 0 Å². The number of hydrogen-bond acceptors (Lipinski definition) is 4. The Kier molecular flexibility index (Phi) is 14.4. The van der Waals surface area contributed by atoms with E-state index in [0.717, 1.165) is 0 Å². The van der Waals surface area contributed by atoms with Crippen LogP contribution in [0, 0.1) is 0 Å². The maximum absolute atomic E-state index is 10.5. The first kappa shape index (κ1) is 18.7. The van der Waals surface area contributed by atoms with Crippen LogP contribution in [0.25, 0.3) is 0 Å². The van der Waals surface area contributed by atoms with Gasteiger partial charge in [0, 0.05) is 0 Å². The van der Waals surface area contributed by atoms with Gasteiger partial charge in [0.25, 0.3) is 12.9 Å². The third-order valence-electron chi connectivity index (χ3n) is 0.356. The van der Waals surface area contributed by atoms with Gasteiger partial charge < -0.3 is 19.8 Å². The van der Waals surface area contributed by atoms with Crippen LogP contribution in [0.15, 0.2) is 0 Å². The maximum Gasteiger partial charge on any atom is 2.00 e. The number of halogens is 4. The van der Waals surface area contributed by atoms with Gasteiger partial charge in [-0.2, -0.15) is 0 Å². The molecule has 0 aliphatic rings. The molecule has 0 spiro atoms. The molecule has 0 saturated heterocycles. The molecule has 0 amide bonds. The summed E-state index contributed by atoms with van der Waals surface area (Å²) in [5, 5.41) is 17.7. The van der Waals surface area contributed by atoms with Gasteiger partial charge in [0.1, 0.15) is 11.9 Å². The van der Waals surface area contributed by atoms with Crippen molar-refractivity contribution in [2.45, 2.75) is 12.9 Å². The second-order valence-corrected chi connectivity index (χ2v) is 1.24. The predicted molar refractivity (Wildman–Crippen MR) is 27.8 cm³/mol. The summed E-state index contributed by atoms with van der Waals surface area (Å²) in [7, 11) is 0. The van der Waals surface area contributed by atoms with Crippen molar-refractivity contribution in [1.82, 2.24) is 0 Å². The number of carbonyl (C=O) groups excluding carboxylic acids is 2. The third kappa shape index (κ3) is 18.7. The molecule has 0 N–H and O–H groups in total. The van der Waals surface area contributed by atoms with Crippen molar-refractivity contribution in [2.75, 3.05) is 0 Å². The number of aliphatic carboxylic acids is 2. The fourth-order valence-corrected chi connectivity index (χ4v) is 0. The first-order chi connectivity index (χ1) is 5.29. The van der Waals surface area contributed by atoms with E-state index < -0.39 is 24.8 Å². The molecule has 4 nitrogen and oxygen atoms in total. The summed E-state index contributed by atoms with van der Waals surface area (Å²) in [5.41, 5.74) is 0. The second-order valence-electron chi connectivity index (χ2n) is 1.24. The molecular formula is C4H2CaF4O4. The molecule has 0 atom stereocenters. The summed E-state index contributed by atoms with van der Waals surface area (Å²) in [4.78, 5) is 17.7. The van der Waals surface area contributed by atoms with E-state index >= 15 is 0 Å². The van der Waals surface area contributed by atoms with Crippen LogP contribution in [0.5, 0.6) is 0 Å². The summed E-state index contributed by atoms with van der Waals surface area (Å²) in [6, 6.07) is 0. The fraction of sp³-hybridized carbons (Fsp3) is 0.500. The molecule has 0 radical (unpaired) electrons. The molecule has 0 saturated carbocycles. The maximum atomic E-state index is 10.5. The van der Waals surface area contributed by atoms with Crippen molar-refractivity contribution in [3.8, 4) is 0 Å². The number of rotatable bonds is 2. The molecule has 0 aliphatic carbocycles. The zero-order chi connectivity index (χ0) is 10.3. The summed E-state index contributed by atoms with van der Waals surface area (Å²) in [6.07, 6.45) is -6.69. The minimum Gasteiger partial charge on any atom is -0.544 e. The molecule has 0 aromatic carbocycles. The first-order valence-electron chi connectivity index (χ1n) is 2.27. The molecular weight excluding hydrogens is 228 g/mol. The molecule has 72 valence electrons. The topological polar surface area (TPSA) is 80.3 Å². The van der Waals surface area contributed by atoms with E-state index in [4.69, 9.17) is 19.8 Å². The van der Waals surface area contributed by atoms with Crippen LogP contribution in [0.1, 0.15) is 0 Å². The Bertz CT molecular complexity index is 144. The van der Waals surface area contributed by atoms with Crippen LogP contribution >= 0.6 is 0 Å². The quantitative estimate of drug-likeness (QED) is 0.392. The van der Waals surface area contributed by atoms with E-state index in [1.807, 2.05) is 0 Å². The third-order valence-corrected chi connectivity index (χ3v) is 0.356. The standard InChI is InChI=1S/2C2H2F2O2.Ca/c2*3-1(4)2(5)6;/h2*1H,(H,5,6);/q;;+2/p-2. The molecule has 0 aromatic heterocycles. The molecule has 0 aromatic rings. The smallest absolute Gasteiger partial charge is 0.544 e. The number of carboxylic acids is 2. The zero-order valence-corrected chi connectivity index (χ0v) is 8.22. The van der Waals surface area contributed by atoms with E-state index in [2.05, 4.69) is 0 Å². The van der Waals surface area contributed by atoms with Gasteiger partial charge in [-0.1, -0.05) is 0 Å². The van der Waals surface area contributed by atoms with Gasteiger partial charge >= 0.3 is 37.7 Å². The van der Waals surface area contributed by atoms with E-state index in [9.17, 15) is 17.6 Å². The average molecular weight is 230 g/mol. The Hall–Kier alpha value is -0.0803. The second kappa shape index (κ2) is 10.0. The SMILES string of the molecule is O=C([O-])C(F)F.O=C([O-])C(F)F.[Ca+2]. The van der Waals surface area contributed by atoms with Crippen LogP contribution in [0.3, 0.4) is 0 Å². The van der Waals surface area contributed by atoms with E-state index in [1.54, 1.807) is 0 Å². The molecule has 0 fully saturated rings. The van der Waals surface area contributed by atoms with Crippen LogP contribution in [0.4, 0.5) is 17.6 Å². The Morgan fingerprint density at radius 2 is 0.923 bits per heavy atom. The van der Waals surface area contributed by atoms with Crippen LogP contribution in [-0.4, -0.2) is 62.5 Å². The Morgan fingerprint density at radius 1 is 0.846 bits per heavy atom. The predicted octanol–water partition coefficient (Wildman–Crippen LogP) is -2.38. The largest absolute Gasteiger partial charge is 2.00 e. The van der Waals surface area contributed by atoms with E-state index in [1.165, 1.54) is 0 Å². The van der Waals surface area contributed by atoms with Crippen LogP contribution < -0.4 is 10.2 Å². The molecule has 0 aliphatic heterocycles. The van der Waals surface area contributed by atoms with Crippen molar-refractivity contribution < 1.29 is 37.4 Å². The van der Waals surface area contributed by atoms with Crippen molar-refractivity contribution in [1.29, 1.82) is 0 Å².